The Morgan fingerprint density at radius 3 is 3.05 bits per heavy atom. The number of carbonyl (C=O) groups excluding carboxylic acids is 1. The summed E-state index contributed by atoms with van der Waals surface area (Å²) < 4.78 is 7.10. The standard InChI is InChI=1S/C13H15N5O2/c1-8-14-12-7-17(4-5-18(12)15-8)13(19)10-6-11(20-16-10)9-2-3-9/h6,9H,2-5,7H2,1H3. The molecule has 1 saturated carbocycles. The summed E-state index contributed by atoms with van der Waals surface area (Å²) in [7, 11) is 0. The van der Waals surface area contributed by atoms with Crippen LogP contribution in [0, 0.1) is 6.92 Å². The van der Waals surface area contributed by atoms with Crippen molar-refractivity contribution in [3.05, 3.63) is 29.2 Å². The van der Waals surface area contributed by atoms with E-state index in [1.165, 1.54) is 0 Å². The van der Waals surface area contributed by atoms with Gasteiger partial charge in [0.15, 0.2) is 5.69 Å². The largest absolute Gasteiger partial charge is 0.360 e. The average Bonchev–Trinajstić information content (AvgIpc) is 3.05. The Morgan fingerprint density at radius 2 is 2.25 bits per heavy atom. The van der Waals surface area contributed by atoms with Gasteiger partial charge in [-0.3, -0.25) is 4.79 Å². The molecular formula is C13H15N5O2. The van der Waals surface area contributed by atoms with Crippen molar-refractivity contribution < 1.29 is 9.32 Å². The summed E-state index contributed by atoms with van der Waals surface area (Å²) in [6.07, 6.45) is 2.27. The van der Waals surface area contributed by atoms with Crippen LogP contribution in [-0.4, -0.2) is 37.3 Å². The summed E-state index contributed by atoms with van der Waals surface area (Å²) >= 11 is 0. The van der Waals surface area contributed by atoms with Crippen LogP contribution in [0.3, 0.4) is 0 Å². The van der Waals surface area contributed by atoms with Gasteiger partial charge in [-0.15, -0.1) is 0 Å². The van der Waals surface area contributed by atoms with E-state index in [4.69, 9.17) is 4.52 Å². The second-order valence-corrected chi connectivity index (χ2v) is 5.41. The van der Waals surface area contributed by atoms with Gasteiger partial charge in [-0.1, -0.05) is 5.16 Å². The molecule has 0 saturated heterocycles. The summed E-state index contributed by atoms with van der Waals surface area (Å²) in [6, 6.07) is 1.78. The lowest BCUT2D eigenvalue weighted by Crippen LogP contribution is -2.38. The third-order valence-corrected chi connectivity index (χ3v) is 3.78. The van der Waals surface area contributed by atoms with E-state index in [0.717, 1.165) is 30.3 Å². The summed E-state index contributed by atoms with van der Waals surface area (Å²) in [5.41, 5.74) is 0.400. The molecule has 3 heterocycles. The molecule has 2 aromatic heterocycles. The Morgan fingerprint density at radius 1 is 1.40 bits per heavy atom. The second-order valence-electron chi connectivity index (χ2n) is 5.41. The fraction of sp³-hybridized carbons (Fsp3) is 0.538. The molecule has 104 valence electrons. The number of aryl methyl sites for hydroxylation is 1. The number of amides is 1. The zero-order valence-electron chi connectivity index (χ0n) is 11.2. The normalized spacial score (nSPS) is 18.1. The summed E-state index contributed by atoms with van der Waals surface area (Å²) in [4.78, 5) is 18.5. The van der Waals surface area contributed by atoms with Crippen molar-refractivity contribution in [2.75, 3.05) is 6.54 Å². The molecule has 2 aromatic rings. The Bertz CT molecular complexity index is 670. The maximum atomic E-state index is 12.4. The van der Waals surface area contributed by atoms with Gasteiger partial charge < -0.3 is 9.42 Å². The van der Waals surface area contributed by atoms with Gasteiger partial charge in [-0.2, -0.15) is 5.10 Å². The van der Waals surface area contributed by atoms with Crippen LogP contribution in [0.4, 0.5) is 0 Å². The van der Waals surface area contributed by atoms with Crippen molar-refractivity contribution in [3.63, 3.8) is 0 Å². The minimum atomic E-state index is -0.0902. The van der Waals surface area contributed by atoms with E-state index in [2.05, 4.69) is 15.2 Å². The van der Waals surface area contributed by atoms with Crippen LogP contribution in [0.2, 0.25) is 0 Å². The summed E-state index contributed by atoms with van der Waals surface area (Å²) in [5, 5.41) is 8.19. The number of rotatable bonds is 2. The van der Waals surface area contributed by atoms with Gasteiger partial charge >= 0.3 is 0 Å². The van der Waals surface area contributed by atoms with Gasteiger partial charge in [0, 0.05) is 18.5 Å². The van der Waals surface area contributed by atoms with Crippen LogP contribution in [-0.2, 0) is 13.1 Å². The number of nitrogens with zero attached hydrogens (tertiary/aromatic N) is 5. The number of fused-ring (bicyclic) bond motifs is 1. The van der Waals surface area contributed by atoms with E-state index in [1.54, 1.807) is 11.0 Å². The maximum absolute atomic E-state index is 12.4. The number of aromatic nitrogens is 4. The van der Waals surface area contributed by atoms with Gasteiger partial charge in [0.05, 0.1) is 13.1 Å². The molecule has 0 aromatic carbocycles. The lowest BCUT2D eigenvalue weighted by molar-refractivity contribution is 0.0692. The molecule has 0 spiro atoms. The van der Waals surface area contributed by atoms with E-state index in [1.807, 2.05) is 11.6 Å². The molecule has 0 atom stereocenters. The van der Waals surface area contributed by atoms with E-state index in [0.29, 0.717) is 31.2 Å². The minimum Gasteiger partial charge on any atom is -0.360 e. The minimum absolute atomic E-state index is 0.0902. The van der Waals surface area contributed by atoms with Crippen LogP contribution in [0.25, 0.3) is 0 Å². The monoisotopic (exact) mass is 273 g/mol. The van der Waals surface area contributed by atoms with E-state index >= 15 is 0 Å². The molecule has 0 radical (unpaired) electrons. The highest BCUT2D eigenvalue weighted by atomic mass is 16.5. The van der Waals surface area contributed by atoms with Gasteiger partial charge in [-0.25, -0.2) is 9.67 Å². The lowest BCUT2D eigenvalue weighted by atomic mass is 10.2. The molecule has 7 heteroatoms. The van der Waals surface area contributed by atoms with Crippen molar-refractivity contribution in [3.8, 4) is 0 Å². The van der Waals surface area contributed by atoms with Gasteiger partial charge in [0.2, 0.25) is 0 Å². The van der Waals surface area contributed by atoms with E-state index < -0.39 is 0 Å². The topological polar surface area (TPSA) is 77.0 Å². The van der Waals surface area contributed by atoms with Gasteiger partial charge in [0.1, 0.15) is 17.4 Å². The molecule has 1 aliphatic heterocycles. The predicted octanol–water partition coefficient (Wildman–Crippen LogP) is 1.11. The third-order valence-electron chi connectivity index (χ3n) is 3.78. The molecule has 0 unspecified atom stereocenters. The first-order valence-electron chi connectivity index (χ1n) is 6.87. The van der Waals surface area contributed by atoms with Gasteiger partial charge in [-0.05, 0) is 19.8 Å². The van der Waals surface area contributed by atoms with E-state index in [-0.39, 0.29) is 5.91 Å². The smallest absolute Gasteiger partial charge is 0.276 e. The zero-order valence-corrected chi connectivity index (χ0v) is 11.2. The Hall–Kier alpha value is -2.18. The highest BCUT2D eigenvalue weighted by Crippen LogP contribution is 2.40. The molecule has 1 fully saturated rings. The number of hydrogen-bond acceptors (Lipinski definition) is 5. The molecule has 2 aliphatic rings. The van der Waals surface area contributed by atoms with Crippen LogP contribution < -0.4 is 0 Å². The van der Waals surface area contributed by atoms with Crippen LogP contribution in [0.1, 0.15) is 46.7 Å². The van der Waals surface area contributed by atoms with Crippen molar-refractivity contribution >= 4 is 5.91 Å². The maximum Gasteiger partial charge on any atom is 0.276 e. The van der Waals surface area contributed by atoms with Crippen molar-refractivity contribution in [1.29, 1.82) is 0 Å². The number of hydrogen-bond donors (Lipinski definition) is 0. The van der Waals surface area contributed by atoms with Crippen molar-refractivity contribution in [1.82, 2.24) is 24.8 Å². The van der Waals surface area contributed by atoms with Crippen molar-refractivity contribution in [2.24, 2.45) is 0 Å². The highest BCUT2D eigenvalue weighted by molar-refractivity contribution is 5.92. The summed E-state index contributed by atoms with van der Waals surface area (Å²) in [6.45, 7) is 3.64. The second kappa shape index (κ2) is 4.16. The first kappa shape index (κ1) is 11.6. The third kappa shape index (κ3) is 1.90. The SMILES string of the molecule is Cc1nc2n(n1)CCN(C(=O)c1cc(C3CC3)on1)C2. The molecule has 4 rings (SSSR count). The molecular weight excluding hydrogens is 258 g/mol. The van der Waals surface area contributed by atoms with Crippen LogP contribution in [0.5, 0.6) is 0 Å². The number of carbonyl (C=O) groups is 1. The first-order valence-corrected chi connectivity index (χ1v) is 6.87. The van der Waals surface area contributed by atoms with E-state index in [9.17, 15) is 4.79 Å². The summed E-state index contributed by atoms with van der Waals surface area (Å²) in [5.74, 6) is 2.79. The first-order chi connectivity index (χ1) is 9.70. The quantitative estimate of drug-likeness (QED) is 0.819. The van der Waals surface area contributed by atoms with Crippen molar-refractivity contribution in [2.45, 2.75) is 38.8 Å². The predicted molar refractivity (Wildman–Crippen MR) is 68.0 cm³/mol. The zero-order chi connectivity index (χ0) is 13.7. The molecule has 7 nitrogen and oxygen atoms in total. The Kier molecular flexibility index (Phi) is 2.42. The average molecular weight is 273 g/mol. The molecule has 1 amide bonds. The Balaban J connectivity index is 1.53. The fourth-order valence-electron chi connectivity index (χ4n) is 2.55. The molecule has 20 heavy (non-hydrogen) atoms. The van der Waals surface area contributed by atoms with Gasteiger partial charge in [0.25, 0.3) is 5.91 Å². The fourth-order valence-corrected chi connectivity index (χ4v) is 2.55. The highest BCUT2D eigenvalue weighted by Gasteiger charge is 2.31. The molecule has 0 bridgehead atoms. The lowest BCUT2D eigenvalue weighted by Gasteiger charge is -2.25. The van der Waals surface area contributed by atoms with Crippen LogP contribution in [0.15, 0.2) is 10.6 Å². The molecule has 0 N–H and O–H groups in total. The molecule has 1 aliphatic carbocycles. The Labute approximate surface area is 115 Å². The van der Waals surface area contributed by atoms with Crippen LogP contribution >= 0.6 is 0 Å².